The summed E-state index contributed by atoms with van der Waals surface area (Å²) < 4.78 is 6.67. The first-order valence-electron chi connectivity index (χ1n) is 8.05. The number of hydrogen-bond donors (Lipinski definition) is 2. The third kappa shape index (κ3) is 6.62. The van der Waals surface area contributed by atoms with Crippen molar-refractivity contribution in [1.29, 1.82) is 0 Å². The topological polar surface area (TPSA) is 50.4 Å². The van der Waals surface area contributed by atoms with E-state index in [4.69, 9.17) is 4.74 Å². The van der Waals surface area contributed by atoms with Gasteiger partial charge < -0.3 is 15.4 Å². The Kier molecular flexibility index (Phi) is 7.12. The van der Waals surface area contributed by atoms with Gasteiger partial charge in [-0.2, -0.15) is 0 Å². The van der Waals surface area contributed by atoms with Crippen molar-refractivity contribution in [3.05, 3.63) is 53.0 Å². The van der Waals surface area contributed by atoms with Gasteiger partial charge in [0.05, 0.1) is 13.2 Å². The lowest BCUT2D eigenvalue weighted by molar-refractivity contribution is -0.114. The molecular formula is C19H23BrN2O2. The van der Waals surface area contributed by atoms with Gasteiger partial charge in [-0.25, -0.2) is 0 Å². The fourth-order valence-electron chi connectivity index (χ4n) is 2.00. The quantitative estimate of drug-likeness (QED) is 0.671. The molecule has 5 heteroatoms. The number of hydrogen-bond acceptors (Lipinski definition) is 3. The van der Waals surface area contributed by atoms with Gasteiger partial charge in [0.1, 0.15) is 5.75 Å². The molecule has 0 unspecified atom stereocenters. The van der Waals surface area contributed by atoms with Crippen LogP contribution in [-0.2, 0) is 4.79 Å². The van der Waals surface area contributed by atoms with Crippen molar-refractivity contribution in [3.8, 4) is 5.75 Å². The second-order valence-electron chi connectivity index (χ2n) is 5.96. The van der Waals surface area contributed by atoms with Crippen LogP contribution in [0.1, 0.15) is 20.3 Å². The summed E-state index contributed by atoms with van der Waals surface area (Å²) >= 11 is 3.38. The van der Waals surface area contributed by atoms with Gasteiger partial charge in [0.25, 0.3) is 0 Å². The van der Waals surface area contributed by atoms with Crippen molar-refractivity contribution < 1.29 is 9.53 Å². The number of anilines is 2. The second kappa shape index (κ2) is 9.33. The molecule has 24 heavy (non-hydrogen) atoms. The van der Waals surface area contributed by atoms with Crippen molar-refractivity contribution in [3.63, 3.8) is 0 Å². The molecule has 0 spiro atoms. The number of amides is 1. The molecule has 0 bridgehead atoms. The van der Waals surface area contributed by atoms with Crippen LogP contribution in [0.5, 0.6) is 5.75 Å². The van der Waals surface area contributed by atoms with Crippen LogP contribution in [0.2, 0.25) is 0 Å². The molecular weight excluding hydrogens is 368 g/mol. The minimum absolute atomic E-state index is 0.0913. The highest BCUT2D eigenvalue weighted by Crippen LogP contribution is 2.17. The summed E-state index contributed by atoms with van der Waals surface area (Å²) in [5.41, 5.74) is 1.66. The summed E-state index contributed by atoms with van der Waals surface area (Å²) in [5, 5.41) is 5.94. The van der Waals surface area contributed by atoms with Crippen LogP contribution >= 0.6 is 15.9 Å². The molecule has 0 atom stereocenters. The Morgan fingerprint density at radius 3 is 2.29 bits per heavy atom. The molecule has 0 aliphatic heterocycles. The van der Waals surface area contributed by atoms with Gasteiger partial charge in [-0.3, -0.25) is 4.79 Å². The minimum Gasteiger partial charge on any atom is -0.494 e. The third-order valence-corrected chi connectivity index (χ3v) is 3.93. The number of halogens is 1. The normalized spacial score (nSPS) is 10.5. The Balaban J connectivity index is 1.76. The van der Waals surface area contributed by atoms with E-state index in [1.54, 1.807) is 0 Å². The molecule has 0 aromatic heterocycles. The summed E-state index contributed by atoms with van der Waals surface area (Å²) in [6, 6.07) is 15.1. The summed E-state index contributed by atoms with van der Waals surface area (Å²) in [6.07, 6.45) is 1.03. The number of ether oxygens (including phenoxy) is 1. The van der Waals surface area contributed by atoms with Gasteiger partial charge in [0.2, 0.25) is 5.91 Å². The Labute approximate surface area is 151 Å². The number of carbonyl (C=O) groups is 1. The van der Waals surface area contributed by atoms with E-state index in [1.807, 2.05) is 48.5 Å². The molecule has 128 valence electrons. The van der Waals surface area contributed by atoms with E-state index in [-0.39, 0.29) is 12.5 Å². The molecule has 0 aliphatic carbocycles. The van der Waals surface area contributed by atoms with E-state index in [0.29, 0.717) is 12.5 Å². The molecule has 0 saturated heterocycles. The maximum atomic E-state index is 12.0. The maximum Gasteiger partial charge on any atom is 0.243 e. The number of benzene rings is 2. The molecule has 2 aromatic carbocycles. The van der Waals surface area contributed by atoms with Crippen LogP contribution < -0.4 is 15.4 Å². The van der Waals surface area contributed by atoms with E-state index in [1.165, 1.54) is 0 Å². The standard InChI is InChI=1S/C19H23BrN2O2/c1-14(2)11-12-24-18-9-7-17(8-10-18)22-19(23)13-21-16-5-3-15(20)4-6-16/h3-10,14,21H,11-13H2,1-2H3,(H,22,23). The van der Waals surface area contributed by atoms with E-state index in [2.05, 4.69) is 40.4 Å². The first kappa shape index (κ1) is 18.3. The fourth-order valence-corrected chi connectivity index (χ4v) is 2.27. The lowest BCUT2D eigenvalue weighted by Gasteiger charge is -2.10. The predicted octanol–water partition coefficient (Wildman–Crippen LogP) is 4.92. The smallest absolute Gasteiger partial charge is 0.243 e. The van der Waals surface area contributed by atoms with Gasteiger partial charge in [0, 0.05) is 15.8 Å². The Morgan fingerprint density at radius 2 is 1.67 bits per heavy atom. The highest BCUT2D eigenvalue weighted by molar-refractivity contribution is 9.10. The highest BCUT2D eigenvalue weighted by Gasteiger charge is 2.03. The Morgan fingerprint density at radius 1 is 1.04 bits per heavy atom. The third-order valence-electron chi connectivity index (χ3n) is 3.40. The zero-order valence-electron chi connectivity index (χ0n) is 14.0. The summed E-state index contributed by atoms with van der Waals surface area (Å²) in [7, 11) is 0. The molecule has 2 rings (SSSR count). The van der Waals surface area contributed by atoms with Crippen molar-refractivity contribution in [2.75, 3.05) is 23.8 Å². The van der Waals surface area contributed by atoms with Gasteiger partial charge in [-0.15, -0.1) is 0 Å². The average molecular weight is 391 g/mol. The lowest BCUT2D eigenvalue weighted by Crippen LogP contribution is -2.21. The average Bonchev–Trinajstić information content (AvgIpc) is 2.56. The largest absolute Gasteiger partial charge is 0.494 e. The maximum absolute atomic E-state index is 12.0. The van der Waals surface area contributed by atoms with Crippen molar-refractivity contribution in [1.82, 2.24) is 0 Å². The summed E-state index contributed by atoms with van der Waals surface area (Å²) in [5.74, 6) is 1.36. The molecule has 0 fully saturated rings. The molecule has 0 radical (unpaired) electrons. The molecule has 0 aliphatic rings. The predicted molar refractivity (Wildman–Crippen MR) is 103 cm³/mol. The molecule has 2 N–H and O–H groups in total. The van der Waals surface area contributed by atoms with Crippen molar-refractivity contribution in [2.45, 2.75) is 20.3 Å². The summed E-state index contributed by atoms with van der Waals surface area (Å²) in [6.45, 7) is 5.27. The Hall–Kier alpha value is -2.01. The van der Waals surface area contributed by atoms with E-state index >= 15 is 0 Å². The number of carbonyl (C=O) groups excluding carboxylic acids is 1. The SMILES string of the molecule is CC(C)CCOc1ccc(NC(=O)CNc2ccc(Br)cc2)cc1. The van der Waals surface area contributed by atoms with Crippen LogP contribution in [0.15, 0.2) is 53.0 Å². The fraction of sp³-hybridized carbons (Fsp3) is 0.316. The Bertz CT molecular complexity index is 639. The van der Waals surface area contributed by atoms with E-state index in [0.717, 1.165) is 28.0 Å². The minimum atomic E-state index is -0.0913. The monoisotopic (exact) mass is 390 g/mol. The molecule has 0 saturated carbocycles. The molecule has 2 aromatic rings. The van der Waals surface area contributed by atoms with Crippen LogP contribution in [0.25, 0.3) is 0 Å². The van der Waals surface area contributed by atoms with Gasteiger partial charge >= 0.3 is 0 Å². The van der Waals surface area contributed by atoms with Gasteiger partial charge in [-0.05, 0) is 60.9 Å². The molecule has 1 amide bonds. The van der Waals surface area contributed by atoms with Crippen LogP contribution in [0, 0.1) is 5.92 Å². The van der Waals surface area contributed by atoms with Gasteiger partial charge in [0.15, 0.2) is 0 Å². The van der Waals surface area contributed by atoms with Crippen molar-refractivity contribution >= 4 is 33.2 Å². The number of rotatable bonds is 8. The number of nitrogens with one attached hydrogen (secondary N) is 2. The molecule has 0 heterocycles. The van der Waals surface area contributed by atoms with Crippen LogP contribution in [0.4, 0.5) is 11.4 Å². The first-order valence-corrected chi connectivity index (χ1v) is 8.84. The molecule has 4 nitrogen and oxygen atoms in total. The van der Waals surface area contributed by atoms with E-state index in [9.17, 15) is 4.79 Å². The van der Waals surface area contributed by atoms with Crippen molar-refractivity contribution in [2.24, 2.45) is 5.92 Å². The first-order chi connectivity index (χ1) is 11.5. The highest BCUT2D eigenvalue weighted by atomic mass is 79.9. The summed E-state index contributed by atoms with van der Waals surface area (Å²) in [4.78, 5) is 12.0. The van der Waals surface area contributed by atoms with E-state index < -0.39 is 0 Å². The zero-order chi connectivity index (χ0) is 17.4. The van der Waals surface area contributed by atoms with Crippen LogP contribution in [0.3, 0.4) is 0 Å². The second-order valence-corrected chi connectivity index (χ2v) is 6.88. The zero-order valence-corrected chi connectivity index (χ0v) is 15.6. The van der Waals surface area contributed by atoms with Crippen LogP contribution in [-0.4, -0.2) is 19.1 Å². The lowest BCUT2D eigenvalue weighted by atomic mass is 10.1. The van der Waals surface area contributed by atoms with Gasteiger partial charge in [-0.1, -0.05) is 29.8 Å².